The van der Waals surface area contributed by atoms with Gasteiger partial charge in [-0.2, -0.15) is 0 Å². The van der Waals surface area contributed by atoms with Gasteiger partial charge in [0.1, 0.15) is 61.0 Å². The first-order valence-corrected chi connectivity index (χ1v) is 23.6. The summed E-state index contributed by atoms with van der Waals surface area (Å²) in [5.41, 5.74) is 0.430. The number of allylic oxidation sites excluding steroid dienone is 4. The average Bonchev–Trinajstić information content (AvgIpc) is 3.24. The maximum absolute atomic E-state index is 12.0. The van der Waals surface area contributed by atoms with Gasteiger partial charge in [-0.3, -0.25) is 0 Å². The fourth-order valence-electron chi connectivity index (χ4n) is 14.3. The van der Waals surface area contributed by atoms with Crippen LogP contribution < -0.4 is 0 Å². The highest BCUT2D eigenvalue weighted by molar-refractivity contribution is 5.46. The van der Waals surface area contributed by atoms with Gasteiger partial charge in [0.25, 0.3) is 0 Å². The molecule has 0 spiro atoms. The molecule has 0 unspecified atom stereocenters. The Hall–Kier alpha value is -1.20. The van der Waals surface area contributed by atoms with Gasteiger partial charge in [0, 0.05) is 16.2 Å². The molecular weight excluding hydrogens is 837 g/mol. The third kappa shape index (κ3) is 7.45. The molecule has 3 saturated heterocycles. The summed E-state index contributed by atoms with van der Waals surface area (Å²) in [6, 6.07) is 0. The molecule has 64 heavy (non-hydrogen) atoms. The van der Waals surface area contributed by atoms with E-state index in [0.717, 1.165) is 38.5 Å². The molecule has 3 heterocycles. The molecule has 0 aromatic carbocycles. The molecule has 17 heteroatoms. The van der Waals surface area contributed by atoms with E-state index in [1.165, 1.54) is 11.1 Å². The van der Waals surface area contributed by atoms with Gasteiger partial charge in [0.2, 0.25) is 0 Å². The minimum absolute atomic E-state index is 0.0345. The van der Waals surface area contributed by atoms with Gasteiger partial charge in [0.15, 0.2) is 18.9 Å². The van der Waals surface area contributed by atoms with Gasteiger partial charge in [0.05, 0.1) is 44.7 Å². The van der Waals surface area contributed by atoms with Gasteiger partial charge < -0.3 is 84.6 Å². The first-order chi connectivity index (χ1) is 30.0. The number of rotatable bonds is 9. The zero-order chi connectivity index (χ0) is 46.7. The summed E-state index contributed by atoms with van der Waals surface area (Å²) in [5, 5.41) is 120. The highest BCUT2D eigenvalue weighted by Gasteiger charge is 2.69. The first kappa shape index (κ1) is 49.2. The largest absolute Gasteiger partial charge is 0.396 e. The van der Waals surface area contributed by atoms with Crippen LogP contribution in [0.3, 0.4) is 0 Å². The van der Waals surface area contributed by atoms with Crippen molar-refractivity contribution in [3.63, 3.8) is 0 Å². The molecule has 0 aromatic rings. The lowest BCUT2D eigenvalue weighted by molar-refractivity contribution is -0.377. The van der Waals surface area contributed by atoms with Gasteiger partial charge in [-0.15, -0.1) is 0 Å². The number of aliphatic hydroxyl groups excluding tert-OH is 11. The third-order valence-corrected chi connectivity index (χ3v) is 18.6. The number of ether oxygens (including phenoxy) is 6. The lowest BCUT2D eigenvalue weighted by Crippen LogP contribution is -2.66. The SMILES string of the molecule is C[C@H]1O[C@@H](O[C@H]2CC[C@]3(C)C4=CC=C5[C@@H]6CC(C)(C)CC[C@]6(CO)[C@@H](O)C[C@@]5(C)[C@]4(C)CC[C@H]3[C@]2(C)CO)[C@H](O)[C@H](O)[C@H]1O[C@@H]1O[C@H](CO)[C@@H](O[C@@H]2OC[C@@H](O)[C@H](O)[C@H]2O)[C@@H](O)[C@H]1O. The summed E-state index contributed by atoms with van der Waals surface area (Å²) in [7, 11) is 0. The zero-order valence-electron chi connectivity index (χ0n) is 38.4. The molecular formula is C47H76O17. The van der Waals surface area contributed by atoms with Gasteiger partial charge in [-0.05, 0) is 86.4 Å². The lowest BCUT2D eigenvalue weighted by Gasteiger charge is -2.69. The molecule has 7 fully saturated rings. The maximum Gasteiger partial charge on any atom is 0.187 e. The van der Waals surface area contributed by atoms with Crippen LogP contribution in [0.25, 0.3) is 0 Å². The Morgan fingerprint density at radius 3 is 1.94 bits per heavy atom. The van der Waals surface area contributed by atoms with Crippen molar-refractivity contribution in [1.82, 2.24) is 0 Å². The minimum atomic E-state index is -1.82. The zero-order valence-corrected chi connectivity index (χ0v) is 38.4. The van der Waals surface area contributed by atoms with Crippen molar-refractivity contribution in [3.05, 3.63) is 23.3 Å². The molecule has 0 radical (unpaired) electrons. The number of hydrogen-bond acceptors (Lipinski definition) is 17. The predicted octanol–water partition coefficient (Wildman–Crippen LogP) is 0.144. The fourth-order valence-corrected chi connectivity index (χ4v) is 14.3. The van der Waals surface area contributed by atoms with Crippen molar-refractivity contribution in [2.45, 2.75) is 198 Å². The summed E-state index contributed by atoms with van der Waals surface area (Å²) in [5.74, 6) is 0.0294. The second kappa shape index (κ2) is 17.3. The second-order valence-electron chi connectivity index (χ2n) is 22.6. The van der Waals surface area contributed by atoms with Crippen LogP contribution in [0.2, 0.25) is 0 Å². The van der Waals surface area contributed by atoms with E-state index in [0.29, 0.717) is 12.8 Å². The quantitative estimate of drug-likeness (QED) is 0.137. The van der Waals surface area contributed by atoms with E-state index in [-0.39, 0.29) is 53.3 Å². The molecule has 8 aliphatic rings. The van der Waals surface area contributed by atoms with E-state index in [9.17, 15) is 56.2 Å². The fraction of sp³-hybridized carbons (Fsp3) is 0.915. The summed E-state index contributed by atoms with van der Waals surface area (Å²) in [6.07, 6.45) is -11.7. The van der Waals surface area contributed by atoms with Crippen LogP contribution in [0.15, 0.2) is 23.3 Å². The van der Waals surface area contributed by atoms with Crippen molar-refractivity contribution in [3.8, 4) is 0 Å². The molecule has 3 aliphatic heterocycles. The van der Waals surface area contributed by atoms with Crippen molar-refractivity contribution in [1.29, 1.82) is 0 Å². The van der Waals surface area contributed by atoms with Crippen LogP contribution in [0.4, 0.5) is 0 Å². The first-order valence-electron chi connectivity index (χ1n) is 23.6. The Labute approximate surface area is 376 Å². The van der Waals surface area contributed by atoms with Gasteiger partial charge >= 0.3 is 0 Å². The van der Waals surface area contributed by atoms with Crippen LogP contribution in [0, 0.1) is 44.3 Å². The Balaban J connectivity index is 0.963. The average molecular weight is 913 g/mol. The Bertz CT molecular complexity index is 1760. The maximum atomic E-state index is 12.0. The Morgan fingerprint density at radius 2 is 1.28 bits per heavy atom. The normalized spacial score (nSPS) is 55.0. The van der Waals surface area contributed by atoms with Crippen molar-refractivity contribution >= 4 is 0 Å². The standard InChI is InChI=1S/C47H76O17/c1-22-37(63-41-36(58)33(55)38(26(18-48)61-41)64-39-34(56)31(53)25(51)19-59-39)32(54)35(57)40(60-22)62-30-11-12-43(4)27(44(30,5)20-49)10-13-45(6)28(43)9-8-23-24-16-42(2,3)14-15-47(24,21-50)29(52)17-46(23,45)7/h8-9,22,24-27,29-41,48-58H,10-21H2,1-7H3/t22-,24+,25-,26-,27-,29+,30+,31+,32+,33+,34-,35-,36-,37+,38-,39+,40+,41+,43+,44+,45-,46-,47-/m1/s1. The highest BCUT2D eigenvalue weighted by atomic mass is 16.8. The molecule has 4 saturated carbocycles. The molecule has 366 valence electrons. The van der Waals surface area contributed by atoms with E-state index >= 15 is 0 Å². The highest BCUT2D eigenvalue weighted by Crippen LogP contribution is 2.74. The Morgan fingerprint density at radius 1 is 0.641 bits per heavy atom. The van der Waals surface area contributed by atoms with E-state index in [1.807, 2.05) is 6.92 Å². The summed E-state index contributed by atoms with van der Waals surface area (Å²) in [4.78, 5) is 0. The van der Waals surface area contributed by atoms with E-state index in [1.54, 1.807) is 6.92 Å². The van der Waals surface area contributed by atoms with Crippen molar-refractivity contribution in [2.75, 3.05) is 26.4 Å². The van der Waals surface area contributed by atoms with Gasteiger partial charge in [-0.1, -0.05) is 64.8 Å². The van der Waals surface area contributed by atoms with Crippen molar-refractivity contribution < 1.29 is 84.6 Å². The summed E-state index contributed by atoms with van der Waals surface area (Å²) < 4.78 is 35.4. The van der Waals surface area contributed by atoms with Crippen LogP contribution in [0.1, 0.15) is 99.8 Å². The van der Waals surface area contributed by atoms with Crippen LogP contribution in [-0.2, 0) is 28.4 Å². The predicted molar refractivity (Wildman–Crippen MR) is 225 cm³/mol. The van der Waals surface area contributed by atoms with E-state index in [2.05, 4.69) is 46.8 Å². The molecule has 0 aromatic heterocycles. The Kier molecular flexibility index (Phi) is 13.3. The molecule has 0 amide bonds. The number of fused-ring (bicyclic) bond motifs is 7. The molecule has 8 rings (SSSR count). The lowest BCUT2D eigenvalue weighted by atomic mass is 9.35. The molecule has 5 aliphatic carbocycles. The molecule has 23 atom stereocenters. The smallest absolute Gasteiger partial charge is 0.187 e. The second-order valence-corrected chi connectivity index (χ2v) is 22.6. The summed E-state index contributed by atoms with van der Waals surface area (Å²) in [6.45, 7) is 13.8. The van der Waals surface area contributed by atoms with Crippen LogP contribution >= 0.6 is 0 Å². The van der Waals surface area contributed by atoms with E-state index < -0.39 is 116 Å². The third-order valence-electron chi connectivity index (χ3n) is 18.6. The summed E-state index contributed by atoms with van der Waals surface area (Å²) >= 11 is 0. The van der Waals surface area contributed by atoms with Crippen LogP contribution in [0.5, 0.6) is 0 Å². The van der Waals surface area contributed by atoms with Crippen LogP contribution in [-0.4, -0.2) is 181 Å². The topological polar surface area (TPSA) is 278 Å². The minimum Gasteiger partial charge on any atom is -0.396 e. The van der Waals surface area contributed by atoms with Crippen molar-refractivity contribution in [2.24, 2.45) is 44.3 Å². The molecule has 11 N–H and O–H groups in total. The number of hydrogen-bond donors (Lipinski definition) is 11. The molecule has 17 nitrogen and oxygen atoms in total. The monoisotopic (exact) mass is 913 g/mol. The van der Waals surface area contributed by atoms with E-state index in [4.69, 9.17) is 28.4 Å². The van der Waals surface area contributed by atoms with Gasteiger partial charge in [-0.25, -0.2) is 0 Å². The molecule has 0 bridgehead atoms. The number of aliphatic hydroxyl groups is 11.